The molecule has 104 valence electrons. The van der Waals surface area contributed by atoms with Gasteiger partial charge >= 0.3 is 12.0 Å². The van der Waals surface area contributed by atoms with Crippen molar-refractivity contribution in [1.82, 2.24) is 25.4 Å². The Morgan fingerprint density at radius 2 is 2.21 bits per heavy atom. The lowest BCUT2D eigenvalue weighted by Gasteiger charge is -2.37. The Kier molecular flexibility index (Phi) is 3.68. The highest BCUT2D eigenvalue weighted by Gasteiger charge is 2.44. The summed E-state index contributed by atoms with van der Waals surface area (Å²) < 4.78 is 1.70. The van der Waals surface area contributed by atoms with E-state index in [4.69, 9.17) is 5.11 Å². The van der Waals surface area contributed by atoms with Gasteiger partial charge in [-0.2, -0.15) is 0 Å². The van der Waals surface area contributed by atoms with Gasteiger partial charge in [0.2, 0.25) is 0 Å². The number of urea groups is 1. The van der Waals surface area contributed by atoms with Gasteiger partial charge in [-0.3, -0.25) is 4.79 Å². The van der Waals surface area contributed by atoms with Crippen molar-refractivity contribution in [2.45, 2.75) is 25.8 Å². The number of carboxylic acids is 1. The van der Waals surface area contributed by atoms with Gasteiger partial charge in [0.1, 0.15) is 6.33 Å². The van der Waals surface area contributed by atoms with Gasteiger partial charge in [-0.1, -0.05) is 6.42 Å². The first kappa shape index (κ1) is 13.3. The zero-order chi connectivity index (χ0) is 13.9. The smallest absolute Gasteiger partial charge is 0.315 e. The maximum absolute atomic E-state index is 11.6. The number of aliphatic carboxylic acids is 1. The largest absolute Gasteiger partial charge is 0.481 e. The van der Waals surface area contributed by atoms with Crippen LogP contribution in [0.15, 0.2) is 6.33 Å². The molecule has 3 N–H and O–H groups in total. The molecule has 1 fully saturated rings. The fourth-order valence-corrected chi connectivity index (χ4v) is 2.01. The summed E-state index contributed by atoms with van der Waals surface area (Å²) in [7, 11) is 1.78. The second kappa shape index (κ2) is 5.25. The molecule has 0 aliphatic heterocycles. The minimum atomic E-state index is -0.840. The molecule has 1 aromatic rings. The average Bonchev–Trinajstić information content (AvgIpc) is 2.70. The third kappa shape index (κ3) is 2.83. The summed E-state index contributed by atoms with van der Waals surface area (Å²) in [6.45, 7) is 0.412. The van der Waals surface area contributed by atoms with Crippen molar-refractivity contribution in [3.8, 4) is 0 Å². The second-order valence-electron chi connectivity index (χ2n) is 4.83. The van der Waals surface area contributed by atoms with Gasteiger partial charge in [0.15, 0.2) is 5.82 Å². The Labute approximate surface area is 110 Å². The summed E-state index contributed by atoms with van der Waals surface area (Å²) >= 11 is 0. The molecule has 0 spiro atoms. The fourth-order valence-electron chi connectivity index (χ4n) is 2.01. The van der Waals surface area contributed by atoms with Gasteiger partial charge in [-0.15, -0.1) is 10.2 Å². The molecule has 0 saturated heterocycles. The van der Waals surface area contributed by atoms with Crippen LogP contribution in [0, 0.1) is 5.41 Å². The number of hydrogen-bond acceptors (Lipinski definition) is 4. The summed E-state index contributed by atoms with van der Waals surface area (Å²) in [5.74, 6) is -0.209. The van der Waals surface area contributed by atoms with Gasteiger partial charge in [-0.05, 0) is 12.8 Å². The van der Waals surface area contributed by atoms with Crippen LogP contribution in [0.4, 0.5) is 4.79 Å². The van der Waals surface area contributed by atoms with Gasteiger partial charge in [0, 0.05) is 13.6 Å². The molecule has 0 atom stereocenters. The molecule has 2 amide bonds. The number of hydrogen-bond donors (Lipinski definition) is 3. The molecule has 2 rings (SSSR count). The summed E-state index contributed by atoms with van der Waals surface area (Å²) in [6.07, 6.45) is 3.68. The van der Waals surface area contributed by atoms with E-state index in [1.54, 1.807) is 17.9 Å². The monoisotopic (exact) mass is 267 g/mol. The number of carbonyl (C=O) groups excluding carboxylic acids is 1. The number of carbonyl (C=O) groups is 2. The lowest BCUT2D eigenvalue weighted by atomic mass is 9.69. The van der Waals surface area contributed by atoms with Crippen LogP contribution in [0.25, 0.3) is 0 Å². The Morgan fingerprint density at radius 1 is 1.47 bits per heavy atom. The Morgan fingerprint density at radius 3 is 2.68 bits per heavy atom. The molecule has 19 heavy (non-hydrogen) atoms. The van der Waals surface area contributed by atoms with E-state index >= 15 is 0 Å². The third-order valence-electron chi connectivity index (χ3n) is 3.56. The Balaban J connectivity index is 1.76. The highest BCUT2D eigenvalue weighted by Crippen LogP contribution is 2.40. The van der Waals surface area contributed by atoms with Crippen molar-refractivity contribution < 1.29 is 14.7 Å². The van der Waals surface area contributed by atoms with Crippen molar-refractivity contribution in [2.24, 2.45) is 12.5 Å². The molecule has 8 nitrogen and oxygen atoms in total. The molecule has 8 heteroatoms. The van der Waals surface area contributed by atoms with Crippen LogP contribution in [-0.2, 0) is 18.4 Å². The second-order valence-corrected chi connectivity index (χ2v) is 4.83. The van der Waals surface area contributed by atoms with E-state index in [0.717, 1.165) is 6.42 Å². The molecule has 0 unspecified atom stereocenters. The topological polar surface area (TPSA) is 109 Å². The normalized spacial score (nSPS) is 16.5. The minimum Gasteiger partial charge on any atom is -0.481 e. The molecule has 1 aliphatic rings. The Hall–Kier alpha value is -2.12. The summed E-state index contributed by atoms with van der Waals surface area (Å²) in [5.41, 5.74) is -0.776. The van der Waals surface area contributed by atoms with Crippen molar-refractivity contribution >= 4 is 12.0 Å². The third-order valence-corrected chi connectivity index (χ3v) is 3.56. The van der Waals surface area contributed by atoms with Crippen LogP contribution < -0.4 is 10.6 Å². The lowest BCUT2D eigenvalue weighted by molar-refractivity contribution is -0.153. The van der Waals surface area contributed by atoms with E-state index in [1.165, 1.54) is 0 Å². The van der Waals surface area contributed by atoms with Crippen LogP contribution in [0.3, 0.4) is 0 Å². The van der Waals surface area contributed by atoms with E-state index in [2.05, 4.69) is 20.8 Å². The van der Waals surface area contributed by atoms with Crippen molar-refractivity contribution in [2.75, 3.05) is 6.54 Å². The fraction of sp³-hybridized carbons (Fsp3) is 0.636. The number of nitrogens with one attached hydrogen (secondary N) is 2. The van der Waals surface area contributed by atoms with Crippen LogP contribution in [0.1, 0.15) is 25.1 Å². The first-order valence-corrected chi connectivity index (χ1v) is 6.11. The van der Waals surface area contributed by atoms with Gasteiger partial charge < -0.3 is 20.3 Å². The highest BCUT2D eigenvalue weighted by molar-refractivity contribution is 5.78. The van der Waals surface area contributed by atoms with E-state index in [-0.39, 0.29) is 13.1 Å². The van der Waals surface area contributed by atoms with Crippen LogP contribution in [-0.4, -0.2) is 38.4 Å². The zero-order valence-electron chi connectivity index (χ0n) is 10.7. The molecular formula is C11H17N5O3. The van der Waals surface area contributed by atoms with E-state index < -0.39 is 17.4 Å². The maximum Gasteiger partial charge on any atom is 0.315 e. The minimum absolute atomic E-state index is 0.160. The average molecular weight is 267 g/mol. The van der Waals surface area contributed by atoms with E-state index in [1.807, 2.05) is 0 Å². The molecule has 1 aromatic heterocycles. The number of rotatable bonds is 5. The standard InChI is InChI=1S/C11H17N5O3/c1-16-7-14-15-8(16)5-12-10(19)13-6-11(9(17)18)3-2-4-11/h7H,2-6H2,1H3,(H,17,18)(H2,12,13,19). The zero-order valence-corrected chi connectivity index (χ0v) is 10.7. The molecule has 0 aromatic carbocycles. The lowest BCUT2D eigenvalue weighted by Crippen LogP contribution is -2.49. The Bertz CT molecular complexity index is 480. The SMILES string of the molecule is Cn1cnnc1CNC(=O)NCC1(C(=O)O)CCC1. The van der Waals surface area contributed by atoms with Crippen LogP contribution in [0.2, 0.25) is 0 Å². The summed E-state index contributed by atoms with van der Waals surface area (Å²) in [6, 6.07) is -0.393. The quantitative estimate of drug-likeness (QED) is 0.688. The maximum atomic E-state index is 11.6. The van der Waals surface area contributed by atoms with Crippen molar-refractivity contribution in [3.05, 3.63) is 12.2 Å². The number of nitrogens with zero attached hydrogens (tertiary/aromatic N) is 3. The van der Waals surface area contributed by atoms with Crippen molar-refractivity contribution in [1.29, 1.82) is 0 Å². The highest BCUT2D eigenvalue weighted by atomic mass is 16.4. The first-order valence-electron chi connectivity index (χ1n) is 6.11. The summed E-state index contributed by atoms with van der Waals surface area (Å²) in [4.78, 5) is 22.7. The van der Waals surface area contributed by atoms with Crippen LogP contribution in [0.5, 0.6) is 0 Å². The van der Waals surface area contributed by atoms with Crippen molar-refractivity contribution in [3.63, 3.8) is 0 Å². The summed E-state index contributed by atoms with van der Waals surface area (Å²) in [5, 5.41) is 21.9. The van der Waals surface area contributed by atoms with Gasteiger partial charge in [-0.25, -0.2) is 4.79 Å². The number of aromatic nitrogens is 3. The predicted molar refractivity (Wildman–Crippen MR) is 65.2 cm³/mol. The number of amides is 2. The number of aryl methyl sites for hydroxylation is 1. The molecular weight excluding hydrogens is 250 g/mol. The molecule has 0 radical (unpaired) electrons. The number of carboxylic acid groups (broad SMARTS) is 1. The first-order chi connectivity index (χ1) is 9.03. The van der Waals surface area contributed by atoms with E-state index in [0.29, 0.717) is 18.7 Å². The van der Waals surface area contributed by atoms with Crippen LogP contribution >= 0.6 is 0 Å². The molecule has 1 aliphatic carbocycles. The predicted octanol–water partition coefficient (Wildman–Crippen LogP) is -0.131. The molecule has 1 saturated carbocycles. The molecule has 0 bridgehead atoms. The van der Waals surface area contributed by atoms with E-state index in [9.17, 15) is 9.59 Å². The van der Waals surface area contributed by atoms with Gasteiger partial charge in [0.05, 0.1) is 12.0 Å². The molecule has 1 heterocycles. The van der Waals surface area contributed by atoms with Gasteiger partial charge in [0.25, 0.3) is 0 Å².